The van der Waals surface area contributed by atoms with Crippen molar-refractivity contribution in [2.24, 2.45) is 0 Å². The molecule has 2 aromatic carbocycles. The summed E-state index contributed by atoms with van der Waals surface area (Å²) in [6, 6.07) is 12.0. The van der Waals surface area contributed by atoms with Crippen LogP contribution in [0.3, 0.4) is 0 Å². The third-order valence-electron chi connectivity index (χ3n) is 4.13. The number of carboxylic acids is 1. The number of aromatic nitrogens is 1. The lowest BCUT2D eigenvalue weighted by atomic mass is 10.1. The van der Waals surface area contributed by atoms with Crippen molar-refractivity contribution in [1.29, 1.82) is 0 Å². The summed E-state index contributed by atoms with van der Waals surface area (Å²) in [6.07, 6.45) is 3.49. The van der Waals surface area contributed by atoms with Crippen LogP contribution in [0.4, 0.5) is 0 Å². The topological polar surface area (TPSA) is 80.7 Å². The molecule has 0 unspecified atom stereocenters. The summed E-state index contributed by atoms with van der Waals surface area (Å²) in [5.74, 6) is 0.450. The van der Waals surface area contributed by atoms with E-state index in [4.69, 9.17) is 14.2 Å². The molecule has 0 radical (unpaired) electrons. The Morgan fingerprint density at radius 1 is 0.926 bits per heavy atom. The summed E-state index contributed by atoms with van der Waals surface area (Å²) in [5, 5.41) is 12.0. The highest BCUT2D eigenvalue weighted by atomic mass is 16.5. The third-order valence-corrected chi connectivity index (χ3v) is 4.13. The number of fused-ring (bicyclic) bond motifs is 1. The van der Waals surface area contributed by atoms with Crippen molar-refractivity contribution in [3.63, 3.8) is 0 Å². The van der Waals surface area contributed by atoms with Gasteiger partial charge in [0.1, 0.15) is 5.75 Å². The van der Waals surface area contributed by atoms with E-state index in [0.717, 1.165) is 5.56 Å². The van der Waals surface area contributed by atoms with Gasteiger partial charge < -0.3 is 24.1 Å². The molecule has 3 aromatic rings. The van der Waals surface area contributed by atoms with Gasteiger partial charge in [-0.2, -0.15) is 0 Å². The molecule has 3 rings (SSSR count). The highest BCUT2D eigenvalue weighted by Gasteiger charge is 2.10. The Hall–Kier alpha value is -3.54. The Kier molecular flexibility index (Phi) is 5.26. The molecule has 0 atom stereocenters. The number of carbonyl (C=O) groups excluding carboxylic acids is 1. The van der Waals surface area contributed by atoms with Crippen LogP contribution in [-0.4, -0.2) is 32.3 Å². The molecule has 0 fully saturated rings. The van der Waals surface area contributed by atoms with E-state index in [-0.39, 0.29) is 5.56 Å². The lowest BCUT2D eigenvalue weighted by molar-refractivity contribution is -0.254. The van der Waals surface area contributed by atoms with Gasteiger partial charge in [-0.25, -0.2) is 4.98 Å². The molecule has 1 heterocycles. The number of methoxy groups -OCH3 is 3. The van der Waals surface area contributed by atoms with Crippen LogP contribution in [-0.2, 0) is 0 Å². The number of ether oxygens (including phenoxy) is 3. The van der Waals surface area contributed by atoms with E-state index in [0.29, 0.717) is 33.8 Å². The molecule has 27 heavy (non-hydrogen) atoms. The van der Waals surface area contributed by atoms with Crippen molar-refractivity contribution in [3.05, 3.63) is 59.3 Å². The highest BCUT2D eigenvalue weighted by Crippen LogP contribution is 2.35. The molecule has 6 heteroatoms. The van der Waals surface area contributed by atoms with E-state index in [1.807, 2.05) is 0 Å². The predicted molar refractivity (Wildman–Crippen MR) is 101 cm³/mol. The predicted octanol–water partition coefficient (Wildman–Crippen LogP) is 2.79. The van der Waals surface area contributed by atoms with Crippen LogP contribution in [0.15, 0.2) is 42.5 Å². The number of hydrogen-bond donors (Lipinski definition) is 0. The van der Waals surface area contributed by atoms with Gasteiger partial charge in [-0.05, 0) is 30.4 Å². The van der Waals surface area contributed by atoms with E-state index >= 15 is 0 Å². The zero-order valence-electron chi connectivity index (χ0n) is 15.2. The molecule has 138 valence electrons. The molecule has 0 aliphatic rings. The quantitative estimate of drug-likeness (QED) is 0.669. The zero-order chi connectivity index (χ0) is 19.4. The third kappa shape index (κ3) is 3.69. The number of benzene rings is 2. The molecular formula is C21H18NO5-. The second-order valence-corrected chi connectivity index (χ2v) is 5.68. The first-order valence-electron chi connectivity index (χ1n) is 8.16. The molecule has 0 aliphatic carbocycles. The van der Waals surface area contributed by atoms with Gasteiger partial charge in [-0.3, -0.25) is 0 Å². The fourth-order valence-corrected chi connectivity index (χ4v) is 2.81. The minimum Gasteiger partial charge on any atom is -0.545 e. The zero-order valence-corrected chi connectivity index (χ0v) is 15.2. The number of aromatic carboxylic acids is 1. The largest absolute Gasteiger partial charge is 0.545 e. The molecule has 1 aromatic heterocycles. The van der Waals surface area contributed by atoms with Gasteiger partial charge in [-0.15, -0.1) is 0 Å². The summed E-state index contributed by atoms with van der Waals surface area (Å²) >= 11 is 0. The molecule has 0 saturated carbocycles. The summed E-state index contributed by atoms with van der Waals surface area (Å²) in [7, 11) is 4.66. The Morgan fingerprint density at radius 3 is 2.26 bits per heavy atom. The van der Waals surface area contributed by atoms with Gasteiger partial charge in [0, 0.05) is 22.6 Å². The average molecular weight is 364 g/mol. The Bertz CT molecular complexity index is 1030. The minimum atomic E-state index is -1.24. The molecule has 0 bridgehead atoms. The van der Waals surface area contributed by atoms with E-state index < -0.39 is 5.97 Å². The van der Waals surface area contributed by atoms with Crippen molar-refractivity contribution in [1.82, 2.24) is 4.98 Å². The first kappa shape index (κ1) is 18.3. The van der Waals surface area contributed by atoms with Crippen LogP contribution in [0.25, 0.3) is 23.1 Å². The van der Waals surface area contributed by atoms with Crippen molar-refractivity contribution >= 4 is 29.0 Å². The summed E-state index contributed by atoms with van der Waals surface area (Å²) in [5.41, 5.74) is 1.91. The number of hydrogen-bond acceptors (Lipinski definition) is 6. The fraction of sp³-hybridized carbons (Fsp3) is 0.143. The van der Waals surface area contributed by atoms with Crippen molar-refractivity contribution in [2.75, 3.05) is 21.3 Å². The van der Waals surface area contributed by atoms with Crippen molar-refractivity contribution in [2.45, 2.75) is 0 Å². The molecule has 0 spiro atoms. The van der Waals surface area contributed by atoms with Gasteiger partial charge in [0.05, 0.1) is 38.5 Å². The number of carbonyl (C=O) groups is 1. The lowest BCUT2D eigenvalue weighted by Gasteiger charge is -2.12. The number of nitrogens with zero attached hydrogens (tertiary/aromatic N) is 1. The summed E-state index contributed by atoms with van der Waals surface area (Å²) in [4.78, 5) is 16.0. The maximum atomic E-state index is 11.5. The Morgan fingerprint density at radius 2 is 1.59 bits per heavy atom. The van der Waals surface area contributed by atoms with Gasteiger partial charge in [0.25, 0.3) is 0 Å². The normalized spacial score (nSPS) is 10.9. The van der Waals surface area contributed by atoms with Gasteiger partial charge >= 0.3 is 0 Å². The van der Waals surface area contributed by atoms with E-state index in [1.54, 1.807) is 69.9 Å². The second-order valence-electron chi connectivity index (χ2n) is 5.68. The number of para-hydroxylation sites is 1. The lowest BCUT2D eigenvalue weighted by Crippen LogP contribution is -2.22. The Labute approximate surface area is 156 Å². The SMILES string of the molecule is COc1cc(OC)c(OC)cc1/C=C/c1cc(C(=O)[O-])c2ccccc2n1. The van der Waals surface area contributed by atoms with Gasteiger partial charge in [0.2, 0.25) is 0 Å². The molecule has 0 aliphatic heterocycles. The van der Waals surface area contributed by atoms with Crippen LogP contribution in [0.2, 0.25) is 0 Å². The standard InChI is InChI=1S/C21H19NO5/c1-25-18-12-20(27-3)19(26-2)10-13(18)8-9-14-11-16(21(23)24)15-6-4-5-7-17(15)22-14/h4-12H,1-3H3,(H,23,24)/p-1/b9-8+. The van der Waals surface area contributed by atoms with Crippen LogP contribution in [0.1, 0.15) is 21.6 Å². The average Bonchev–Trinajstić information content (AvgIpc) is 2.70. The van der Waals surface area contributed by atoms with Crippen molar-refractivity contribution < 1.29 is 24.1 Å². The van der Waals surface area contributed by atoms with Crippen LogP contribution >= 0.6 is 0 Å². The molecular weight excluding hydrogens is 346 g/mol. The fourth-order valence-electron chi connectivity index (χ4n) is 2.81. The van der Waals surface area contributed by atoms with Crippen LogP contribution in [0, 0.1) is 0 Å². The Balaban J connectivity index is 2.07. The van der Waals surface area contributed by atoms with Gasteiger partial charge in [0.15, 0.2) is 11.5 Å². The summed E-state index contributed by atoms with van der Waals surface area (Å²) in [6.45, 7) is 0. The first-order valence-corrected chi connectivity index (χ1v) is 8.16. The number of pyridine rings is 1. The second kappa shape index (κ2) is 7.78. The molecule has 0 N–H and O–H groups in total. The van der Waals surface area contributed by atoms with Crippen molar-refractivity contribution in [3.8, 4) is 17.2 Å². The smallest absolute Gasteiger partial charge is 0.164 e. The maximum Gasteiger partial charge on any atom is 0.164 e. The van der Waals surface area contributed by atoms with Crippen LogP contribution in [0.5, 0.6) is 17.2 Å². The maximum absolute atomic E-state index is 11.5. The van der Waals surface area contributed by atoms with E-state index in [1.165, 1.54) is 6.07 Å². The van der Waals surface area contributed by atoms with Gasteiger partial charge in [-0.1, -0.05) is 18.2 Å². The minimum absolute atomic E-state index is 0.0968. The van der Waals surface area contributed by atoms with E-state index in [9.17, 15) is 9.90 Å². The monoisotopic (exact) mass is 364 g/mol. The number of rotatable bonds is 6. The summed E-state index contributed by atoms with van der Waals surface area (Å²) < 4.78 is 16.0. The molecule has 0 saturated heterocycles. The van der Waals surface area contributed by atoms with Crippen LogP contribution < -0.4 is 19.3 Å². The molecule has 0 amide bonds. The van der Waals surface area contributed by atoms with E-state index in [2.05, 4.69) is 4.98 Å². The number of carboxylic acid groups (broad SMARTS) is 1. The molecule has 6 nitrogen and oxygen atoms in total. The highest BCUT2D eigenvalue weighted by molar-refractivity contribution is 6.02. The first-order chi connectivity index (χ1) is 13.1.